The van der Waals surface area contributed by atoms with Crippen LogP contribution in [0.1, 0.15) is 20.3 Å². The highest BCUT2D eigenvalue weighted by Gasteiger charge is 2.13. The molecule has 0 aliphatic rings. The third-order valence-electron chi connectivity index (χ3n) is 2.11. The summed E-state index contributed by atoms with van der Waals surface area (Å²) in [5.74, 6) is 0.925. The van der Waals surface area contributed by atoms with E-state index >= 15 is 0 Å². The first-order chi connectivity index (χ1) is 7.54. The monoisotopic (exact) mass is 289 g/mol. The molecule has 5 nitrogen and oxygen atoms in total. The van der Waals surface area contributed by atoms with Crippen LogP contribution in [0, 0.1) is 5.92 Å². The molecule has 0 radical (unpaired) electrons. The maximum absolute atomic E-state index is 11.3. The van der Waals surface area contributed by atoms with E-state index < -0.39 is 0 Å². The fourth-order valence-electron chi connectivity index (χ4n) is 1.43. The second-order valence-corrected chi connectivity index (χ2v) is 4.84. The molecule has 0 aliphatic heterocycles. The van der Waals surface area contributed by atoms with E-state index in [1.165, 1.54) is 6.33 Å². The minimum absolute atomic E-state index is 0.0130. The summed E-state index contributed by atoms with van der Waals surface area (Å²) >= 11 is 3.15. The summed E-state index contributed by atoms with van der Waals surface area (Å²) in [5, 5.41) is 12.2. The van der Waals surface area contributed by atoms with E-state index in [1.807, 2.05) is 0 Å². The summed E-state index contributed by atoms with van der Waals surface area (Å²) in [6.45, 7) is 4.16. The van der Waals surface area contributed by atoms with Gasteiger partial charge in [0.2, 0.25) is 0 Å². The van der Waals surface area contributed by atoms with Gasteiger partial charge in [-0.15, -0.1) is 0 Å². The molecule has 90 valence electrons. The molecule has 6 heteroatoms. The Hall–Kier alpha value is -0.880. The van der Waals surface area contributed by atoms with Gasteiger partial charge in [0.1, 0.15) is 10.3 Å². The number of aromatic nitrogens is 2. The fraction of sp³-hybridized carbons (Fsp3) is 0.600. The second kappa shape index (κ2) is 6.00. The molecule has 16 heavy (non-hydrogen) atoms. The Morgan fingerprint density at radius 2 is 2.31 bits per heavy atom. The Labute approximate surface area is 102 Å². The Morgan fingerprint density at radius 1 is 1.62 bits per heavy atom. The van der Waals surface area contributed by atoms with Gasteiger partial charge in [-0.05, 0) is 28.3 Å². The largest absolute Gasteiger partial charge is 0.394 e. The first-order valence-electron chi connectivity index (χ1n) is 5.15. The van der Waals surface area contributed by atoms with Gasteiger partial charge in [0, 0.05) is 0 Å². The maximum Gasteiger partial charge on any atom is 0.267 e. The van der Waals surface area contributed by atoms with Gasteiger partial charge >= 0.3 is 0 Å². The number of hydrogen-bond acceptors (Lipinski definition) is 4. The highest BCUT2D eigenvalue weighted by atomic mass is 79.9. The van der Waals surface area contributed by atoms with Crippen LogP contribution >= 0.6 is 15.9 Å². The first-order valence-corrected chi connectivity index (χ1v) is 5.94. The van der Waals surface area contributed by atoms with E-state index in [1.54, 1.807) is 0 Å². The molecule has 1 aromatic heterocycles. The molecule has 0 aliphatic carbocycles. The van der Waals surface area contributed by atoms with Crippen molar-refractivity contribution in [3.05, 3.63) is 21.2 Å². The number of hydrogen-bond donors (Lipinski definition) is 3. The van der Waals surface area contributed by atoms with Crippen molar-refractivity contribution < 1.29 is 5.11 Å². The lowest BCUT2D eigenvalue weighted by atomic mass is 10.0. The quantitative estimate of drug-likeness (QED) is 0.765. The maximum atomic E-state index is 11.3. The van der Waals surface area contributed by atoms with Gasteiger partial charge in [-0.2, -0.15) is 0 Å². The number of aliphatic hydroxyl groups excluding tert-OH is 1. The Balaban J connectivity index is 2.78. The molecule has 1 aromatic rings. The zero-order valence-electron chi connectivity index (χ0n) is 9.33. The standard InChI is InChI=1S/C10H16BrN3O2/c1-6(2)3-7(4-15)14-9-8(11)10(16)13-5-12-9/h5-7,15H,3-4H2,1-2H3,(H2,12,13,14,16). The molecular formula is C10H16BrN3O2. The topological polar surface area (TPSA) is 78.0 Å². The van der Waals surface area contributed by atoms with Crippen LogP contribution in [0.2, 0.25) is 0 Å². The van der Waals surface area contributed by atoms with Crippen molar-refractivity contribution in [2.24, 2.45) is 5.92 Å². The molecule has 1 atom stereocenters. The van der Waals surface area contributed by atoms with E-state index in [0.29, 0.717) is 16.2 Å². The van der Waals surface area contributed by atoms with Gasteiger partial charge in [-0.3, -0.25) is 4.79 Å². The highest BCUT2D eigenvalue weighted by molar-refractivity contribution is 9.10. The fourth-order valence-corrected chi connectivity index (χ4v) is 1.76. The molecule has 0 amide bonds. The SMILES string of the molecule is CC(C)CC(CO)Nc1nc[nH]c(=O)c1Br. The summed E-state index contributed by atoms with van der Waals surface area (Å²) in [6.07, 6.45) is 2.15. The summed E-state index contributed by atoms with van der Waals surface area (Å²) in [7, 11) is 0. The van der Waals surface area contributed by atoms with Crippen molar-refractivity contribution in [1.29, 1.82) is 0 Å². The number of H-pyrrole nitrogens is 1. The zero-order valence-corrected chi connectivity index (χ0v) is 10.9. The molecule has 0 spiro atoms. The molecule has 1 unspecified atom stereocenters. The molecule has 1 rings (SSSR count). The van der Waals surface area contributed by atoms with Crippen LogP contribution in [0.5, 0.6) is 0 Å². The second-order valence-electron chi connectivity index (χ2n) is 4.05. The molecule has 0 bridgehead atoms. The molecule has 0 saturated heterocycles. The molecule has 1 heterocycles. The minimum atomic E-state index is -0.237. The molecule has 3 N–H and O–H groups in total. The number of anilines is 1. The van der Waals surface area contributed by atoms with E-state index in [4.69, 9.17) is 0 Å². The number of halogens is 1. The smallest absolute Gasteiger partial charge is 0.267 e. The molecule has 0 fully saturated rings. The first kappa shape index (κ1) is 13.2. The Bertz CT molecular complexity index is 392. The van der Waals surface area contributed by atoms with Crippen LogP contribution in [0.25, 0.3) is 0 Å². The average molecular weight is 290 g/mol. The van der Waals surface area contributed by atoms with E-state index in [0.717, 1.165) is 6.42 Å². The van der Waals surface area contributed by atoms with Gasteiger partial charge in [0.05, 0.1) is 19.0 Å². The van der Waals surface area contributed by atoms with E-state index in [2.05, 4.69) is 45.1 Å². The average Bonchev–Trinajstić information content (AvgIpc) is 2.23. The van der Waals surface area contributed by atoms with Crippen LogP contribution in [0.4, 0.5) is 5.82 Å². The number of aromatic amines is 1. The summed E-state index contributed by atoms with van der Waals surface area (Å²) < 4.78 is 0.359. The van der Waals surface area contributed by atoms with Crippen molar-refractivity contribution in [1.82, 2.24) is 9.97 Å². The lowest BCUT2D eigenvalue weighted by molar-refractivity contribution is 0.259. The molecule has 0 saturated carbocycles. The Kier molecular flexibility index (Phi) is 4.95. The number of nitrogens with one attached hydrogen (secondary N) is 2. The third-order valence-corrected chi connectivity index (χ3v) is 2.85. The lowest BCUT2D eigenvalue weighted by Gasteiger charge is -2.19. The number of aliphatic hydroxyl groups is 1. The van der Waals surface area contributed by atoms with Crippen LogP contribution < -0.4 is 10.9 Å². The van der Waals surface area contributed by atoms with Gasteiger partial charge in [0.25, 0.3) is 5.56 Å². The van der Waals surface area contributed by atoms with Crippen molar-refractivity contribution in [3.63, 3.8) is 0 Å². The van der Waals surface area contributed by atoms with Crippen molar-refractivity contribution in [2.75, 3.05) is 11.9 Å². The van der Waals surface area contributed by atoms with Crippen LogP contribution in [-0.4, -0.2) is 27.7 Å². The van der Waals surface area contributed by atoms with Crippen molar-refractivity contribution in [2.45, 2.75) is 26.3 Å². The van der Waals surface area contributed by atoms with E-state index in [9.17, 15) is 9.90 Å². The van der Waals surface area contributed by atoms with Crippen molar-refractivity contribution >= 4 is 21.7 Å². The normalized spacial score (nSPS) is 12.8. The van der Waals surface area contributed by atoms with Crippen LogP contribution in [0.15, 0.2) is 15.6 Å². The minimum Gasteiger partial charge on any atom is -0.394 e. The summed E-state index contributed by atoms with van der Waals surface area (Å²) in [6, 6.07) is -0.0920. The van der Waals surface area contributed by atoms with Crippen molar-refractivity contribution in [3.8, 4) is 0 Å². The lowest BCUT2D eigenvalue weighted by Crippen LogP contribution is -2.27. The van der Waals surface area contributed by atoms with Gasteiger partial charge < -0.3 is 15.4 Å². The van der Waals surface area contributed by atoms with Gasteiger partial charge in [-0.25, -0.2) is 4.98 Å². The third kappa shape index (κ3) is 3.61. The summed E-state index contributed by atoms with van der Waals surface area (Å²) in [4.78, 5) is 17.8. The van der Waals surface area contributed by atoms with Crippen LogP contribution in [-0.2, 0) is 0 Å². The molecule has 0 aromatic carbocycles. The van der Waals surface area contributed by atoms with Gasteiger partial charge in [0.15, 0.2) is 0 Å². The number of nitrogens with zero attached hydrogens (tertiary/aromatic N) is 1. The van der Waals surface area contributed by atoms with Crippen LogP contribution in [0.3, 0.4) is 0 Å². The predicted octanol–water partition coefficient (Wildman–Crippen LogP) is 1.35. The Morgan fingerprint density at radius 3 is 2.88 bits per heavy atom. The van der Waals surface area contributed by atoms with Gasteiger partial charge in [-0.1, -0.05) is 13.8 Å². The molecular weight excluding hydrogens is 274 g/mol. The summed E-state index contributed by atoms with van der Waals surface area (Å²) in [5.41, 5.74) is -0.237. The van der Waals surface area contributed by atoms with E-state index in [-0.39, 0.29) is 18.2 Å². The number of rotatable bonds is 5. The predicted molar refractivity (Wildman–Crippen MR) is 66.5 cm³/mol. The zero-order chi connectivity index (χ0) is 12.1. The highest BCUT2D eigenvalue weighted by Crippen LogP contribution is 2.16.